The summed E-state index contributed by atoms with van der Waals surface area (Å²) in [7, 11) is 1.94. The van der Waals surface area contributed by atoms with Crippen LogP contribution in [0.3, 0.4) is 0 Å². The second-order valence-corrected chi connectivity index (χ2v) is 9.28. The smallest absolute Gasteiger partial charge is 0.274 e. The molecular formula is C27H19ClN8O. The third kappa shape index (κ3) is 3.40. The summed E-state index contributed by atoms with van der Waals surface area (Å²) in [5, 5.41) is 14.6. The Morgan fingerprint density at radius 2 is 1.92 bits per heavy atom. The molecule has 180 valence electrons. The second kappa shape index (κ2) is 8.22. The normalized spacial score (nSPS) is 12.6. The Morgan fingerprint density at radius 3 is 2.73 bits per heavy atom. The highest BCUT2D eigenvalue weighted by Gasteiger charge is 2.26. The Bertz CT molecular complexity index is 1920. The number of hydrogen-bond donors (Lipinski definition) is 1. The number of furan rings is 1. The molecule has 7 aromatic rings. The third-order valence-corrected chi connectivity index (χ3v) is 6.84. The number of hydrogen-bond acceptors (Lipinski definition) is 7. The fourth-order valence-corrected chi connectivity index (χ4v) is 5.07. The molecule has 10 heteroatoms. The molecular weight excluding hydrogens is 488 g/mol. The van der Waals surface area contributed by atoms with Gasteiger partial charge in [0.2, 0.25) is 0 Å². The van der Waals surface area contributed by atoms with Gasteiger partial charge in [0, 0.05) is 34.0 Å². The minimum absolute atomic E-state index is 0.382. The van der Waals surface area contributed by atoms with Gasteiger partial charge in [-0.15, -0.1) is 0 Å². The molecule has 37 heavy (non-hydrogen) atoms. The molecule has 0 spiro atoms. The van der Waals surface area contributed by atoms with Crippen LogP contribution in [-0.4, -0.2) is 34.6 Å². The molecule has 9 nitrogen and oxygen atoms in total. The molecule has 0 bridgehead atoms. The van der Waals surface area contributed by atoms with Crippen LogP contribution in [0.25, 0.3) is 50.2 Å². The maximum atomic E-state index is 6.92. The number of tetrazole rings is 1. The van der Waals surface area contributed by atoms with Gasteiger partial charge in [-0.3, -0.25) is 0 Å². The number of fused-ring (bicyclic) bond motifs is 4. The van der Waals surface area contributed by atoms with Crippen molar-refractivity contribution in [2.45, 2.75) is 6.04 Å². The highest BCUT2D eigenvalue weighted by atomic mass is 35.5. The number of aryl methyl sites for hydroxylation is 1. The van der Waals surface area contributed by atoms with Crippen LogP contribution in [-0.2, 0) is 7.05 Å². The van der Waals surface area contributed by atoms with E-state index in [0.717, 1.165) is 44.3 Å². The Morgan fingerprint density at radius 1 is 1.03 bits per heavy atom. The minimum Gasteiger partial charge on any atom is -0.459 e. The number of halogens is 1. The van der Waals surface area contributed by atoms with E-state index in [0.29, 0.717) is 22.3 Å². The standard InChI is InChI=1S/C27H19ClN8O/c1-35-14-30-13-20(35)23-18(25(29)22-12-15-5-2-3-8-21(15)37-22)9-10-19-24(23)26(16-6-4-7-17(28)11-16)31-27-32-33-34-36(19)27/h2-14,25H,29H2,1H3. The highest BCUT2D eigenvalue weighted by Crippen LogP contribution is 2.41. The van der Waals surface area contributed by atoms with Crippen molar-refractivity contribution in [3.05, 3.63) is 95.6 Å². The predicted molar refractivity (Wildman–Crippen MR) is 141 cm³/mol. The molecule has 0 saturated heterocycles. The number of imidazole rings is 1. The molecule has 0 aliphatic carbocycles. The van der Waals surface area contributed by atoms with Crippen LogP contribution in [0.15, 0.2) is 83.7 Å². The molecule has 0 aliphatic rings. The van der Waals surface area contributed by atoms with Gasteiger partial charge in [0.25, 0.3) is 5.78 Å². The van der Waals surface area contributed by atoms with Gasteiger partial charge < -0.3 is 14.7 Å². The fourth-order valence-electron chi connectivity index (χ4n) is 4.87. The number of aromatic nitrogens is 7. The van der Waals surface area contributed by atoms with Crippen LogP contribution < -0.4 is 5.73 Å². The van der Waals surface area contributed by atoms with Crippen LogP contribution >= 0.6 is 11.6 Å². The first-order chi connectivity index (χ1) is 18.1. The monoisotopic (exact) mass is 506 g/mol. The van der Waals surface area contributed by atoms with Crippen molar-refractivity contribution in [3.63, 3.8) is 0 Å². The van der Waals surface area contributed by atoms with Crippen molar-refractivity contribution in [2.75, 3.05) is 0 Å². The first-order valence-electron chi connectivity index (χ1n) is 11.6. The molecule has 7 rings (SSSR count). The summed E-state index contributed by atoms with van der Waals surface area (Å²) in [6.07, 6.45) is 3.57. The van der Waals surface area contributed by atoms with E-state index in [9.17, 15) is 0 Å². The van der Waals surface area contributed by atoms with Gasteiger partial charge in [-0.25, -0.2) is 9.97 Å². The van der Waals surface area contributed by atoms with Gasteiger partial charge in [0.05, 0.1) is 35.5 Å². The molecule has 1 unspecified atom stereocenters. The SMILES string of the molecule is Cn1cncc1-c1c(C(N)c2cc3ccccc3o2)ccc2c1c(-c1cccc(Cl)c1)nc1nnnn12. The number of para-hydroxylation sites is 1. The molecule has 3 aromatic carbocycles. The van der Waals surface area contributed by atoms with E-state index < -0.39 is 6.04 Å². The first kappa shape index (κ1) is 21.7. The third-order valence-electron chi connectivity index (χ3n) is 6.60. The Hall–Kier alpha value is -4.60. The molecule has 4 aromatic heterocycles. The van der Waals surface area contributed by atoms with Crippen molar-refractivity contribution < 1.29 is 4.42 Å². The lowest BCUT2D eigenvalue weighted by molar-refractivity contribution is 0.525. The van der Waals surface area contributed by atoms with E-state index >= 15 is 0 Å². The number of benzene rings is 3. The molecule has 0 radical (unpaired) electrons. The topological polar surface area (TPSA) is 113 Å². The Kier molecular flexibility index (Phi) is 4.82. The molecule has 2 N–H and O–H groups in total. The maximum absolute atomic E-state index is 6.92. The first-order valence-corrected chi connectivity index (χ1v) is 12.0. The zero-order valence-corrected chi connectivity index (χ0v) is 20.3. The largest absolute Gasteiger partial charge is 0.459 e. The lowest BCUT2D eigenvalue weighted by atomic mass is 9.91. The van der Waals surface area contributed by atoms with Crippen LogP contribution in [0.4, 0.5) is 0 Å². The summed E-state index contributed by atoms with van der Waals surface area (Å²) in [5.41, 5.74) is 12.6. The quantitative estimate of drug-likeness (QED) is 0.349. The summed E-state index contributed by atoms with van der Waals surface area (Å²) in [4.78, 5) is 9.25. The average Bonchev–Trinajstić information content (AvgIpc) is 3.66. The lowest BCUT2D eigenvalue weighted by Crippen LogP contribution is -2.14. The van der Waals surface area contributed by atoms with E-state index in [2.05, 4.69) is 20.5 Å². The summed E-state index contributed by atoms with van der Waals surface area (Å²) in [6.45, 7) is 0. The maximum Gasteiger partial charge on any atom is 0.274 e. The van der Waals surface area contributed by atoms with E-state index in [-0.39, 0.29) is 0 Å². The Labute approximate surface area is 215 Å². The van der Waals surface area contributed by atoms with Crippen LogP contribution in [0.1, 0.15) is 17.4 Å². The molecule has 0 aliphatic heterocycles. The second-order valence-electron chi connectivity index (χ2n) is 8.84. The fraction of sp³-hybridized carbons (Fsp3) is 0.0741. The van der Waals surface area contributed by atoms with Gasteiger partial charge in [0.1, 0.15) is 11.3 Å². The van der Waals surface area contributed by atoms with Crippen LogP contribution in [0.5, 0.6) is 0 Å². The summed E-state index contributed by atoms with van der Waals surface area (Å²) >= 11 is 6.39. The molecule has 1 atom stereocenters. The van der Waals surface area contributed by atoms with E-state index in [4.69, 9.17) is 26.7 Å². The van der Waals surface area contributed by atoms with Crippen LogP contribution in [0, 0.1) is 0 Å². The van der Waals surface area contributed by atoms with Gasteiger partial charge >= 0.3 is 0 Å². The van der Waals surface area contributed by atoms with Crippen molar-refractivity contribution in [1.29, 1.82) is 0 Å². The van der Waals surface area contributed by atoms with Crippen molar-refractivity contribution in [2.24, 2.45) is 12.8 Å². The summed E-state index contributed by atoms with van der Waals surface area (Å²) in [6, 6.07) is 20.8. The molecule has 0 fully saturated rings. The number of nitrogens with zero attached hydrogens (tertiary/aromatic N) is 7. The number of nitrogens with two attached hydrogens (primary N) is 1. The van der Waals surface area contributed by atoms with Crippen LogP contribution in [0.2, 0.25) is 5.02 Å². The zero-order chi connectivity index (χ0) is 25.1. The highest BCUT2D eigenvalue weighted by molar-refractivity contribution is 6.31. The lowest BCUT2D eigenvalue weighted by Gasteiger charge is -2.19. The van der Waals surface area contributed by atoms with Crippen molar-refractivity contribution >= 4 is 39.3 Å². The molecule has 0 amide bonds. The van der Waals surface area contributed by atoms with Crippen molar-refractivity contribution in [1.82, 2.24) is 34.6 Å². The summed E-state index contributed by atoms with van der Waals surface area (Å²) < 4.78 is 9.75. The molecule has 0 saturated carbocycles. The minimum atomic E-state index is -0.557. The average molecular weight is 507 g/mol. The van der Waals surface area contributed by atoms with Gasteiger partial charge in [-0.2, -0.15) is 4.52 Å². The van der Waals surface area contributed by atoms with E-state index in [1.165, 1.54) is 0 Å². The van der Waals surface area contributed by atoms with Gasteiger partial charge in [0.15, 0.2) is 0 Å². The number of rotatable bonds is 4. The Balaban J connectivity index is 1.60. The van der Waals surface area contributed by atoms with Gasteiger partial charge in [-0.1, -0.05) is 53.1 Å². The predicted octanol–water partition coefficient (Wildman–Crippen LogP) is 5.19. The van der Waals surface area contributed by atoms with E-state index in [1.807, 2.05) is 84.5 Å². The van der Waals surface area contributed by atoms with Gasteiger partial charge in [-0.05, 0) is 46.3 Å². The molecule has 4 heterocycles. The summed E-state index contributed by atoms with van der Waals surface area (Å²) in [5.74, 6) is 1.04. The van der Waals surface area contributed by atoms with Crippen molar-refractivity contribution in [3.8, 4) is 22.5 Å². The zero-order valence-electron chi connectivity index (χ0n) is 19.6. The van der Waals surface area contributed by atoms with E-state index in [1.54, 1.807) is 10.8 Å².